The Morgan fingerprint density at radius 3 is 2.93 bits per heavy atom. The zero-order chi connectivity index (χ0) is 10.6. The molecule has 1 rings (SSSR count). The van der Waals surface area contributed by atoms with E-state index in [4.69, 9.17) is 10.5 Å². The molecule has 0 aromatic heterocycles. The lowest BCUT2D eigenvalue weighted by atomic mass is 10.0. The Kier molecular flexibility index (Phi) is 3.65. The van der Waals surface area contributed by atoms with E-state index in [0.29, 0.717) is 12.2 Å². The number of methoxy groups -OCH3 is 1. The van der Waals surface area contributed by atoms with Crippen molar-refractivity contribution < 1.29 is 9.13 Å². The predicted octanol–water partition coefficient (Wildman–Crippen LogP) is 2.41. The van der Waals surface area contributed by atoms with Crippen molar-refractivity contribution in [3.05, 3.63) is 42.2 Å². The molecule has 0 saturated heterocycles. The van der Waals surface area contributed by atoms with Crippen LogP contribution < -0.4 is 10.5 Å². The van der Waals surface area contributed by atoms with Gasteiger partial charge in [0.2, 0.25) is 0 Å². The van der Waals surface area contributed by atoms with Crippen LogP contribution in [0.1, 0.15) is 18.0 Å². The number of hydrogen-bond donors (Lipinski definition) is 1. The summed E-state index contributed by atoms with van der Waals surface area (Å²) in [6, 6.07) is 4.16. The summed E-state index contributed by atoms with van der Waals surface area (Å²) in [5, 5.41) is 0. The van der Waals surface area contributed by atoms with Gasteiger partial charge in [0.15, 0.2) is 0 Å². The summed E-state index contributed by atoms with van der Waals surface area (Å²) < 4.78 is 17.9. The van der Waals surface area contributed by atoms with Crippen LogP contribution in [0.2, 0.25) is 0 Å². The molecule has 0 aliphatic carbocycles. The molecule has 0 aliphatic heterocycles. The van der Waals surface area contributed by atoms with E-state index >= 15 is 0 Å². The second-order valence-corrected chi connectivity index (χ2v) is 3.02. The summed E-state index contributed by atoms with van der Waals surface area (Å²) in [7, 11) is 1.50. The molecule has 1 aromatic rings. The third-order valence-electron chi connectivity index (χ3n) is 2.02. The van der Waals surface area contributed by atoms with E-state index in [1.807, 2.05) is 0 Å². The molecule has 0 fully saturated rings. The first kappa shape index (κ1) is 10.7. The van der Waals surface area contributed by atoms with Gasteiger partial charge in [0.05, 0.1) is 7.11 Å². The van der Waals surface area contributed by atoms with E-state index in [1.165, 1.54) is 19.2 Å². The van der Waals surface area contributed by atoms with Crippen LogP contribution >= 0.6 is 0 Å². The van der Waals surface area contributed by atoms with Crippen molar-refractivity contribution >= 4 is 0 Å². The lowest BCUT2D eigenvalue weighted by Gasteiger charge is -2.13. The van der Waals surface area contributed by atoms with E-state index < -0.39 is 0 Å². The largest absolute Gasteiger partial charge is 0.496 e. The van der Waals surface area contributed by atoms with Gasteiger partial charge in [-0.3, -0.25) is 0 Å². The maximum absolute atomic E-state index is 12.8. The number of rotatable bonds is 4. The van der Waals surface area contributed by atoms with Crippen molar-refractivity contribution in [3.8, 4) is 5.75 Å². The van der Waals surface area contributed by atoms with Crippen molar-refractivity contribution in [2.45, 2.75) is 12.5 Å². The van der Waals surface area contributed by atoms with Gasteiger partial charge in [-0.1, -0.05) is 12.1 Å². The highest BCUT2D eigenvalue weighted by atomic mass is 19.1. The molecule has 0 spiro atoms. The van der Waals surface area contributed by atoms with Gasteiger partial charge in [0, 0.05) is 17.7 Å². The van der Waals surface area contributed by atoms with Gasteiger partial charge in [0.1, 0.15) is 11.6 Å². The van der Waals surface area contributed by atoms with Gasteiger partial charge in [0.25, 0.3) is 0 Å². The molecule has 2 nitrogen and oxygen atoms in total. The molecule has 1 atom stereocenters. The molecule has 76 valence electrons. The standard InChI is InChI=1S/C11H14FNO/c1-3-4-10(13)9-6-5-8(12)7-11(9)14-2/h3,5-7,10H,1,4,13H2,2H3. The number of hydrogen-bond acceptors (Lipinski definition) is 2. The average Bonchev–Trinajstić information content (AvgIpc) is 2.17. The van der Waals surface area contributed by atoms with Crippen LogP contribution in [0.3, 0.4) is 0 Å². The van der Waals surface area contributed by atoms with Gasteiger partial charge < -0.3 is 10.5 Å². The van der Waals surface area contributed by atoms with Crippen LogP contribution in [0.4, 0.5) is 4.39 Å². The average molecular weight is 195 g/mol. The highest BCUT2D eigenvalue weighted by Crippen LogP contribution is 2.26. The Morgan fingerprint density at radius 2 is 2.36 bits per heavy atom. The monoisotopic (exact) mass is 195 g/mol. The highest BCUT2D eigenvalue weighted by molar-refractivity contribution is 5.36. The number of halogens is 1. The Bertz CT molecular complexity index is 325. The van der Waals surface area contributed by atoms with Crippen LogP contribution in [0.15, 0.2) is 30.9 Å². The minimum absolute atomic E-state index is 0.192. The van der Waals surface area contributed by atoms with Crippen molar-refractivity contribution in [2.75, 3.05) is 7.11 Å². The quantitative estimate of drug-likeness (QED) is 0.749. The Morgan fingerprint density at radius 1 is 1.64 bits per heavy atom. The van der Waals surface area contributed by atoms with Crippen LogP contribution in [-0.4, -0.2) is 7.11 Å². The first-order valence-corrected chi connectivity index (χ1v) is 4.39. The molecule has 0 aliphatic rings. The van der Waals surface area contributed by atoms with Crippen LogP contribution in [0, 0.1) is 5.82 Å². The predicted molar refractivity (Wildman–Crippen MR) is 54.7 cm³/mol. The zero-order valence-corrected chi connectivity index (χ0v) is 8.16. The summed E-state index contributed by atoms with van der Waals surface area (Å²) in [5.74, 6) is 0.163. The lowest BCUT2D eigenvalue weighted by molar-refractivity contribution is 0.402. The number of ether oxygens (including phenoxy) is 1. The summed E-state index contributed by atoms with van der Waals surface area (Å²) in [5.41, 5.74) is 6.66. The fraction of sp³-hybridized carbons (Fsp3) is 0.273. The molecular formula is C11H14FNO. The Hall–Kier alpha value is -1.35. The topological polar surface area (TPSA) is 35.2 Å². The zero-order valence-electron chi connectivity index (χ0n) is 8.16. The van der Waals surface area contributed by atoms with Crippen molar-refractivity contribution in [3.63, 3.8) is 0 Å². The highest BCUT2D eigenvalue weighted by Gasteiger charge is 2.10. The Balaban J connectivity index is 3.00. The van der Waals surface area contributed by atoms with Crippen LogP contribution in [0.25, 0.3) is 0 Å². The number of benzene rings is 1. The molecular weight excluding hydrogens is 181 g/mol. The normalized spacial score (nSPS) is 12.2. The number of nitrogens with two attached hydrogens (primary N) is 1. The van der Waals surface area contributed by atoms with E-state index in [0.717, 1.165) is 5.56 Å². The first-order chi connectivity index (χ1) is 6.69. The van der Waals surface area contributed by atoms with Gasteiger partial charge >= 0.3 is 0 Å². The molecule has 0 bridgehead atoms. The molecule has 1 unspecified atom stereocenters. The van der Waals surface area contributed by atoms with E-state index in [-0.39, 0.29) is 11.9 Å². The van der Waals surface area contributed by atoms with Crippen molar-refractivity contribution in [1.29, 1.82) is 0 Å². The Labute approximate surface area is 83.2 Å². The second kappa shape index (κ2) is 4.77. The minimum Gasteiger partial charge on any atom is -0.496 e. The van der Waals surface area contributed by atoms with Crippen molar-refractivity contribution in [1.82, 2.24) is 0 Å². The van der Waals surface area contributed by atoms with Gasteiger partial charge in [-0.15, -0.1) is 6.58 Å². The molecule has 2 N–H and O–H groups in total. The smallest absolute Gasteiger partial charge is 0.126 e. The molecule has 0 heterocycles. The van der Waals surface area contributed by atoms with E-state index in [2.05, 4.69) is 6.58 Å². The third kappa shape index (κ3) is 2.33. The lowest BCUT2D eigenvalue weighted by Crippen LogP contribution is -2.10. The molecule has 1 aromatic carbocycles. The summed E-state index contributed by atoms with van der Waals surface area (Å²) in [6.45, 7) is 3.60. The molecule has 0 amide bonds. The van der Waals surface area contributed by atoms with Gasteiger partial charge in [-0.25, -0.2) is 4.39 Å². The third-order valence-corrected chi connectivity index (χ3v) is 2.02. The summed E-state index contributed by atoms with van der Waals surface area (Å²) in [4.78, 5) is 0. The minimum atomic E-state index is -0.323. The van der Waals surface area contributed by atoms with Crippen molar-refractivity contribution in [2.24, 2.45) is 5.73 Å². The van der Waals surface area contributed by atoms with Gasteiger partial charge in [-0.05, 0) is 12.5 Å². The summed E-state index contributed by atoms with van der Waals surface area (Å²) >= 11 is 0. The SMILES string of the molecule is C=CCC(N)c1ccc(F)cc1OC. The molecule has 14 heavy (non-hydrogen) atoms. The molecule has 0 saturated carbocycles. The van der Waals surface area contributed by atoms with Crippen LogP contribution in [0.5, 0.6) is 5.75 Å². The molecule has 0 radical (unpaired) electrons. The first-order valence-electron chi connectivity index (χ1n) is 4.39. The second-order valence-electron chi connectivity index (χ2n) is 3.02. The molecule has 3 heteroatoms. The van der Waals surface area contributed by atoms with E-state index in [1.54, 1.807) is 12.1 Å². The van der Waals surface area contributed by atoms with Gasteiger partial charge in [-0.2, -0.15) is 0 Å². The van der Waals surface area contributed by atoms with Crippen LogP contribution in [-0.2, 0) is 0 Å². The summed E-state index contributed by atoms with van der Waals surface area (Å²) in [6.07, 6.45) is 2.37. The fourth-order valence-corrected chi connectivity index (χ4v) is 1.30. The maximum Gasteiger partial charge on any atom is 0.126 e. The van der Waals surface area contributed by atoms with E-state index in [9.17, 15) is 4.39 Å². The maximum atomic E-state index is 12.8. The fourth-order valence-electron chi connectivity index (χ4n) is 1.30.